The third kappa shape index (κ3) is 5.15. The molecule has 6 rings (SSSR count). The van der Waals surface area contributed by atoms with E-state index in [0.29, 0.717) is 46.4 Å². The lowest BCUT2D eigenvalue weighted by molar-refractivity contribution is 0.159. The van der Waals surface area contributed by atoms with Crippen LogP contribution in [0.1, 0.15) is 33.6 Å². The summed E-state index contributed by atoms with van der Waals surface area (Å²) in [6, 6.07) is 6.80. The van der Waals surface area contributed by atoms with Crippen LogP contribution in [0.4, 0.5) is 15.0 Å². The Labute approximate surface area is 239 Å². The van der Waals surface area contributed by atoms with Crippen LogP contribution < -0.4 is 4.90 Å². The van der Waals surface area contributed by atoms with Crippen LogP contribution in [-0.2, 0) is 0 Å². The second-order valence-corrected chi connectivity index (χ2v) is 10.9. The Morgan fingerprint density at radius 1 is 1.15 bits per heavy atom. The fraction of sp³-hybridized carbons (Fsp3) is 0.464. The van der Waals surface area contributed by atoms with Crippen LogP contribution >= 0.6 is 12.4 Å². The van der Waals surface area contributed by atoms with Crippen molar-refractivity contribution in [3.05, 3.63) is 48.8 Å². The van der Waals surface area contributed by atoms with Gasteiger partial charge in [-0.2, -0.15) is 10.2 Å². The zero-order chi connectivity index (χ0) is 27.1. The van der Waals surface area contributed by atoms with Gasteiger partial charge in [0.1, 0.15) is 18.0 Å². The molecule has 1 aromatic carbocycles. The second-order valence-electron chi connectivity index (χ2n) is 10.9. The molecule has 0 spiro atoms. The molecule has 2 saturated heterocycles. The number of halogens is 2. The molecule has 0 bridgehead atoms. The standard InChI is InChI=1S/C28H34FN9O.ClH/c1-4-35-10-7-19(8-11-35)15-36-16-24(18(2)3)38(28(36)39)25-9-12-37-27(33-25)22(14-32-37)20-5-6-21(23(29)13-20)26-30-17-31-34-26;/h5-6,9,12-14,17-19,24H,4,7-8,10-11,15-16H2,1-3H3,(H,30,31,34);1H. The van der Waals surface area contributed by atoms with E-state index in [1.807, 2.05) is 28.1 Å². The van der Waals surface area contributed by atoms with Crippen LogP contribution in [0.25, 0.3) is 28.2 Å². The van der Waals surface area contributed by atoms with E-state index in [2.05, 4.69) is 46.0 Å². The minimum Gasteiger partial charge on any atom is -0.322 e. The van der Waals surface area contributed by atoms with Gasteiger partial charge in [-0.15, -0.1) is 12.4 Å². The Balaban J connectivity index is 0.00000323. The van der Waals surface area contributed by atoms with Gasteiger partial charge in [0.05, 0.1) is 17.8 Å². The number of benzene rings is 1. The van der Waals surface area contributed by atoms with Crippen molar-refractivity contribution in [3.8, 4) is 22.5 Å². The number of carbonyl (C=O) groups excluding carboxylic acids is 1. The molecule has 0 radical (unpaired) electrons. The first-order valence-electron chi connectivity index (χ1n) is 13.7. The van der Waals surface area contributed by atoms with Crippen molar-refractivity contribution >= 4 is 29.9 Å². The van der Waals surface area contributed by atoms with Crippen LogP contribution in [0.3, 0.4) is 0 Å². The molecule has 12 heteroatoms. The summed E-state index contributed by atoms with van der Waals surface area (Å²) in [5, 5.41) is 10.9. The lowest BCUT2D eigenvalue weighted by Gasteiger charge is -2.33. The molecular formula is C28H35ClFN9O. The summed E-state index contributed by atoms with van der Waals surface area (Å²) in [5.74, 6) is 1.33. The number of hydrogen-bond donors (Lipinski definition) is 1. The fourth-order valence-corrected chi connectivity index (χ4v) is 5.81. The topological polar surface area (TPSA) is 98.6 Å². The number of nitrogens with one attached hydrogen (secondary N) is 1. The quantitative estimate of drug-likeness (QED) is 0.346. The van der Waals surface area contributed by atoms with Gasteiger partial charge in [-0.25, -0.2) is 23.7 Å². The lowest BCUT2D eigenvalue weighted by Crippen LogP contribution is -2.40. The van der Waals surface area contributed by atoms with Gasteiger partial charge in [0.2, 0.25) is 0 Å². The molecule has 5 heterocycles. The number of fused-ring (bicyclic) bond motifs is 1. The van der Waals surface area contributed by atoms with Crippen molar-refractivity contribution in [1.82, 2.24) is 39.6 Å². The number of piperidine rings is 1. The Morgan fingerprint density at radius 3 is 2.62 bits per heavy atom. The van der Waals surface area contributed by atoms with Gasteiger partial charge in [0, 0.05) is 24.8 Å². The zero-order valence-electron chi connectivity index (χ0n) is 23.0. The summed E-state index contributed by atoms with van der Waals surface area (Å²) in [6.07, 6.45) is 7.09. The highest BCUT2D eigenvalue weighted by Crippen LogP contribution is 2.32. The number of rotatable bonds is 7. The summed E-state index contributed by atoms with van der Waals surface area (Å²) in [5.41, 5.74) is 2.24. The maximum absolute atomic E-state index is 15.0. The van der Waals surface area contributed by atoms with E-state index < -0.39 is 5.82 Å². The molecule has 0 aliphatic carbocycles. The third-order valence-corrected chi connectivity index (χ3v) is 8.17. The first kappa shape index (κ1) is 28.0. The van der Waals surface area contributed by atoms with E-state index in [4.69, 9.17) is 4.98 Å². The highest BCUT2D eigenvalue weighted by Gasteiger charge is 2.41. The number of likely N-dealkylation sites (tertiary alicyclic amines) is 1. The molecule has 2 aliphatic heterocycles. The van der Waals surface area contributed by atoms with E-state index in [0.717, 1.165) is 39.0 Å². The van der Waals surface area contributed by atoms with Gasteiger partial charge < -0.3 is 9.80 Å². The van der Waals surface area contributed by atoms with Crippen molar-refractivity contribution in [1.29, 1.82) is 0 Å². The molecule has 1 atom stereocenters. The van der Waals surface area contributed by atoms with E-state index in [1.165, 1.54) is 12.4 Å². The Morgan fingerprint density at radius 2 is 1.95 bits per heavy atom. The number of H-pyrrole nitrogens is 1. The number of urea groups is 1. The van der Waals surface area contributed by atoms with Gasteiger partial charge in [-0.05, 0) is 68.1 Å². The SMILES string of the molecule is CCN1CCC(CN2CC(C(C)C)N(c3ccn4ncc(-c5ccc(-c6ncn[nH]6)c(F)c5)c4n3)C2=O)CC1.Cl. The summed E-state index contributed by atoms with van der Waals surface area (Å²) < 4.78 is 16.7. The van der Waals surface area contributed by atoms with E-state index in [9.17, 15) is 4.79 Å². The largest absolute Gasteiger partial charge is 0.326 e. The Hall–Kier alpha value is -3.57. The third-order valence-electron chi connectivity index (χ3n) is 8.17. The maximum atomic E-state index is 15.0. The molecule has 2 amide bonds. The predicted molar refractivity (Wildman–Crippen MR) is 154 cm³/mol. The van der Waals surface area contributed by atoms with Crippen LogP contribution in [0.5, 0.6) is 0 Å². The predicted octanol–water partition coefficient (Wildman–Crippen LogP) is 4.74. The maximum Gasteiger partial charge on any atom is 0.326 e. The second kappa shape index (κ2) is 11.5. The lowest BCUT2D eigenvalue weighted by atomic mass is 9.96. The van der Waals surface area contributed by atoms with E-state index in [-0.39, 0.29) is 30.4 Å². The number of nitrogens with zero attached hydrogens (tertiary/aromatic N) is 8. The van der Waals surface area contributed by atoms with Crippen LogP contribution in [0, 0.1) is 17.7 Å². The molecule has 212 valence electrons. The molecule has 4 aromatic rings. The summed E-state index contributed by atoms with van der Waals surface area (Å²) in [6.45, 7) is 11.3. The van der Waals surface area contributed by atoms with Gasteiger partial charge in [0.15, 0.2) is 11.5 Å². The van der Waals surface area contributed by atoms with Crippen molar-refractivity contribution in [2.45, 2.75) is 39.7 Å². The number of carbonyl (C=O) groups is 1. The first-order valence-corrected chi connectivity index (χ1v) is 13.7. The summed E-state index contributed by atoms with van der Waals surface area (Å²) >= 11 is 0. The molecule has 1 N–H and O–H groups in total. The Kier molecular flexibility index (Phi) is 8.04. The number of aromatic nitrogens is 6. The summed E-state index contributed by atoms with van der Waals surface area (Å²) in [4.78, 5) is 29.0. The first-order chi connectivity index (χ1) is 18.9. The molecule has 0 saturated carbocycles. The van der Waals surface area contributed by atoms with Crippen LogP contribution in [0.15, 0.2) is 43.0 Å². The van der Waals surface area contributed by atoms with Crippen molar-refractivity contribution in [3.63, 3.8) is 0 Å². The average molecular weight is 568 g/mol. The number of amides is 2. The highest BCUT2D eigenvalue weighted by molar-refractivity contribution is 5.94. The minimum absolute atomic E-state index is 0. The molecule has 2 aliphatic rings. The van der Waals surface area contributed by atoms with Crippen molar-refractivity contribution in [2.24, 2.45) is 11.8 Å². The Bertz CT molecular complexity index is 1470. The fourth-order valence-electron chi connectivity index (χ4n) is 5.81. The molecule has 2 fully saturated rings. The van der Waals surface area contributed by atoms with Crippen LogP contribution in [0.2, 0.25) is 0 Å². The van der Waals surface area contributed by atoms with E-state index in [1.54, 1.807) is 16.8 Å². The number of hydrogen-bond acceptors (Lipinski definition) is 6. The highest BCUT2D eigenvalue weighted by atomic mass is 35.5. The smallest absolute Gasteiger partial charge is 0.322 e. The molecule has 10 nitrogen and oxygen atoms in total. The van der Waals surface area contributed by atoms with Gasteiger partial charge in [-0.1, -0.05) is 26.8 Å². The van der Waals surface area contributed by atoms with Gasteiger partial charge in [-0.3, -0.25) is 10.00 Å². The summed E-state index contributed by atoms with van der Waals surface area (Å²) in [7, 11) is 0. The number of anilines is 1. The number of aromatic amines is 1. The van der Waals surface area contributed by atoms with Gasteiger partial charge >= 0.3 is 6.03 Å². The van der Waals surface area contributed by atoms with E-state index >= 15 is 4.39 Å². The zero-order valence-corrected chi connectivity index (χ0v) is 23.8. The molecule has 3 aromatic heterocycles. The minimum atomic E-state index is -0.422. The monoisotopic (exact) mass is 567 g/mol. The molecule has 1 unspecified atom stereocenters. The van der Waals surface area contributed by atoms with Crippen molar-refractivity contribution in [2.75, 3.05) is 37.6 Å². The van der Waals surface area contributed by atoms with Gasteiger partial charge in [0.25, 0.3) is 0 Å². The molecule has 40 heavy (non-hydrogen) atoms. The average Bonchev–Trinajstić information content (AvgIpc) is 3.68. The van der Waals surface area contributed by atoms with Crippen molar-refractivity contribution < 1.29 is 9.18 Å². The van der Waals surface area contributed by atoms with Crippen LogP contribution in [-0.4, -0.2) is 84.4 Å². The molecular weight excluding hydrogens is 533 g/mol. The normalized spacial score (nSPS) is 18.7.